The first kappa shape index (κ1) is 18.6. The highest BCUT2D eigenvalue weighted by Crippen LogP contribution is 2.03. The van der Waals surface area contributed by atoms with Crippen molar-refractivity contribution in [1.82, 2.24) is 10.6 Å². The fourth-order valence-electron chi connectivity index (χ4n) is 1.56. The molecule has 0 heterocycles. The van der Waals surface area contributed by atoms with E-state index >= 15 is 0 Å². The number of rotatable bonds is 6. The van der Waals surface area contributed by atoms with Crippen LogP contribution in [0, 0.1) is 6.92 Å². The first-order valence-electron chi connectivity index (χ1n) is 6.88. The molecule has 1 rings (SSSR count). The summed E-state index contributed by atoms with van der Waals surface area (Å²) >= 11 is 0. The zero-order valence-electron chi connectivity index (χ0n) is 12.7. The molecule has 2 atom stereocenters. The molecular weight excluding hydrogens is 256 g/mol. The number of hydrogen-bond donors (Lipinski definition) is 4. The summed E-state index contributed by atoms with van der Waals surface area (Å²) < 4.78 is 0. The molecule has 1 unspecified atom stereocenters. The Morgan fingerprint density at radius 3 is 2.30 bits per heavy atom. The average molecular weight is 286 g/mol. The van der Waals surface area contributed by atoms with Gasteiger partial charge in [0.15, 0.2) is 0 Å². The lowest BCUT2D eigenvalue weighted by Gasteiger charge is -2.22. The van der Waals surface area contributed by atoms with Gasteiger partial charge in [0.25, 0.3) is 0 Å². The third-order valence-corrected chi connectivity index (χ3v) is 2.60. The second-order valence-corrected chi connectivity index (χ2v) is 4.30. The summed E-state index contributed by atoms with van der Waals surface area (Å²) in [5, 5.41) is 24.2. The SMILES string of the molecule is CC.CC(=O)N[C@H](CO)C(O)NCc1ccc(C)cc1.[HH].[HH]. The van der Waals surface area contributed by atoms with Crippen LogP contribution >= 0.6 is 0 Å². The van der Waals surface area contributed by atoms with Crippen molar-refractivity contribution >= 4 is 5.91 Å². The summed E-state index contributed by atoms with van der Waals surface area (Å²) in [5.74, 6) is -0.287. The fraction of sp³-hybridized carbons (Fsp3) is 0.533. The Labute approximate surface area is 124 Å². The van der Waals surface area contributed by atoms with E-state index in [-0.39, 0.29) is 15.4 Å². The Kier molecular flexibility index (Phi) is 9.63. The number of benzene rings is 1. The van der Waals surface area contributed by atoms with E-state index in [0.717, 1.165) is 5.56 Å². The van der Waals surface area contributed by atoms with Gasteiger partial charge in [0.05, 0.1) is 12.6 Å². The van der Waals surface area contributed by atoms with Crippen molar-refractivity contribution in [3.63, 3.8) is 0 Å². The van der Waals surface area contributed by atoms with Gasteiger partial charge in [-0.2, -0.15) is 0 Å². The van der Waals surface area contributed by atoms with E-state index in [1.165, 1.54) is 12.5 Å². The number of carbonyl (C=O) groups is 1. The molecule has 0 spiro atoms. The Bertz CT molecular complexity index is 389. The van der Waals surface area contributed by atoms with Crippen molar-refractivity contribution in [1.29, 1.82) is 0 Å². The summed E-state index contributed by atoms with van der Waals surface area (Å²) in [4.78, 5) is 10.9. The summed E-state index contributed by atoms with van der Waals surface area (Å²) in [5.41, 5.74) is 2.20. The molecule has 0 radical (unpaired) electrons. The summed E-state index contributed by atoms with van der Waals surface area (Å²) in [6.07, 6.45) is -0.986. The van der Waals surface area contributed by atoms with Gasteiger partial charge >= 0.3 is 0 Å². The molecule has 0 aliphatic carbocycles. The highest BCUT2D eigenvalue weighted by Gasteiger charge is 2.18. The maximum Gasteiger partial charge on any atom is 0.217 e. The molecule has 0 bridgehead atoms. The molecule has 4 N–H and O–H groups in total. The van der Waals surface area contributed by atoms with Gasteiger partial charge < -0.3 is 15.5 Å². The smallest absolute Gasteiger partial charge is 0.217 e. The molecule has 1 amide bonds. The van der Waals surface area contributed by atoms with Crippen LogP contribution in [0.15, 0.2) is 24.3 Å². The van der Waals surface area contributed by atoms with Crippen LogP contribution in [0.2, 0.25) is 0 Å². The third kappa shape index (κ3) is 7.23. The number of aryl methyl sites for hydroxylation is 1. The molecule has 1 aromatic rings. The van der Waals surface area contributed by atoms with Crippen LogP contribution in [-0.4, -0.2) is 35.0 Å². The normalized spacial score (nSPS) is 12.9. The number of nitrogens with one attached hydrogen (secondary N) is 2. The van der Waals surface area contributed by atoms with Crippen LogP contribution in [0.25, 0.3) is 0 Å². The lowest BCUT2D eigenvalue weighted by atomic mass is 10.1. The van der Waals surface area contributed by atoms with Gasteiger partial charge in [-0.3, -0.25) is 10.1 Å². The lowest BCUT2D eigenvalue weighted by molar-refractivity contribution is -0.121. The summed E-state index contributed by atoms with van der Waals surface area (Å²) in [6, 6.07) is 7.19. The topological polar surface area (TPSA) is 81.6 Å². The molecule has 0 saturated heterocycles. The van der Waals surface area contributed by atoms with Crippen molar-refractivity contribution in [2.24, 2.45) is 0 Å². The molecule has 0 aromatic heterocycles. The van der Waals surface area contributed by atoms with Crippen LogP contribution in [-0.2, 0) is 11.3 Å². The van der Waals surface area contributed by atoms with E-state index in [1.54, 1.807) is 0 Å². The molecular formula is C15H30N2O3. The first-order valence-corrected chi connectivity index (χ1v) is 6.88. The number of hydrogen-bond acceptors (Lipinski definition) is 4. The maximum absolute atomic E-state index is 10.9. The van der Waals surface area contributed by atoms with Crippen LogP contribution in [0.4, 0.5) is 0 Å². The minimum Gasteiger partial charge on any atom is -0.394 e. The van der Waals surface area contributed by atoms with Crippen molar-refractivity contribution in [2.45, 2.75) is 46.5 Å². The van der Waals surface area contributed by atoms with Crippen molar-refractivity contribution in [3.05, 3.63) is 35.4 Å². The second-order valence-electron chi connectivity index (χ2n) is 4.30. The summed E-state index contributed by atoms with van der Waals surface area (Å²) in [7, 11) is 0. The second kappa shape index (κ2) is 10.4. The fourth-order valence-corrected chi connectivity index (χ4v) is 1.56. The maximum atomic E-state index is 10.9. The molecule has 0 aliphatic heterocycles. The van der Waals surface area contributed by atoms with E-state index in [9.17, 15) is 9.90 Å². The highest BCUT2D eigenvalue weighted by atomic mass is 16.3. The average Bonchev–Trinajstić information content (AvgIpc) is 2.45. The quantitative estimate of drug-likeness (QED) is 0.596. The van der Waals surface area contributed by atoms with Gasteiger partial charge in [0.1, 0.15) is 6.23 Å². The standard InChI is InChI=1S/C13H20N2O3.C2H6.2H2/c1-9-3-5-11(6-4-9)7-14-13(18)12(8-16)15-10(2)17;1-2;;/h3-6,12-14,16,18H,7-8H2,1-2H3,(H,15,17);1-2H3;2*1H/t12-,13?;;;/m1.../s1. The highest BCUT2D eigenvalue weighted by molar-refractivity contribution is 5.73. The van der Waals surface area contributed by atoms with Crippen molar-refractivity contribution in [2.75, 3.05) is 6.61 Å². The van der Waals surface area contributed by atoms with Gasteiger partial charge in [0.2, 0.25) is 5.91 Å². The third-order valence-electron chi connectivity index (χ3n) is 2.60. The monoisotopic (exact) mass is 286 g/mol. The largest absolute Gasteiger partial charge is 0.394 e. The minimum atomic E-state index is -0.986. The van der Waals surface area contributed by atoms with Crippen LogP contribution in [0.3, 0.4) is 0 Å². The molecule has 0 saturated carbocycles. The number of aliphatic hydroxyl groups is 2. The molecule has 0 fully saturated rings. The number of amides is 1. The molecule has 5 nitrogen and oxygen atoms in total. The van der Waals surface area contributed by atoms with E-state index in [4.69, 9.17) is 5.11 Å². The lowest BCUT2D eigenvalue weighted by Crippen LogP contribution is -2.51. The summed E-state index contributed by atoms with van der Waals surface area (Å²) in [6.45, 7) is 7.50. The van der Waals surface area contributed by atoms with Gasteiger partial charge in [-0.1, -0.05) is 43.7 Å². The Balaban J connectivity index is -0.000000864. The van der Waals surface area contributed by atoms with Gasteiger partial charge in [-0.15, -0.1) is 0 Å². The van der Waals surface area contributed by atoms with Crippen LogP contribution in [0.1, 0.15) is 34.8 Å². The minimum absolute atomic E-state index is 0. The van der Waals surface area contributed by atoms with Crippen molar-refractivity contribution < 1.29 is 17.9 Å². The molecule has 20 heavy (non-hydrogen) atoms. The predicted octanol–water partition coefficient (Wildman–Crippen LogP) is 1.42. The molecule has 118 valence electrons. The van der Waals surface area contributed by atoms with Gasteiger partial charge in [-0.05, 0) is 12.5 Å². The number of aliphatic hydroxyl groups excluding tert-OH is 2. The van der Waals surface area contributed by atoms with E-state index in [0.29, 0.717) is 6.54 Å². The Hall–Kier alpha value is -1.43. The molecule has 1 aromatic carbocycles. The zero-order valence-corrected chi connectivity index (χ0v) is 12.7. The number of carbonyl (C=O) groups excluding carboxylic acids is 1. The predicted molar refractivity (Wildman–Crippen MR) is 84.3 cm³/mol. The van der Waals surface area contributed by atoms with Crippen LogP contribution in [0.5, 0.6) is 0 Å². The molecule has 5 heteroatoms. The molecule has 0 aliphatic rings. The van der Waals surface area contributed by atoms with Gasteiger partial charge in [-0.25, -0.2) is 0 Å². The van der Waals surface area contributed by atoms with E-state index < -0.39 is 12.3 Å². The van der Waals surface area contributed by atoms with Crippen LogP contribution < -0.4 is 10.6 Å². The Morgan fingerprint density at radius 2 is 1.85 bits per heavy atom. The zero-order chi connectivity index (χ0) is 15.5. The van der Waals surface area contributed by atoms with Gasteiger partial charge in [0, 0.05) is 16.3 Å². The van der Waals surface area contributed by atoms with E-state index in [2.05, 4.69) is 10.6 Å². The first-order chi connectivity index (χ1) is 9.52. The Morgan fingerprint density at radius 1 is 1.30 bits per heavy atom. The van der Waals surface area contributed by atoms with E-state index in [1.807, 2.05) is 45.0 Å². The van der Waals surface area contributed by atoms with Crippen molar-refractivity contribution in [3.8, 4) is 0 Å².